The number of carbonyl (C=O) groups excluding carboxylic acids is 1. The quantitative estimate of drug-likeness (QED) is 0.779. The van der Waals surface area contributed by atoms with E-state index in [1.54, 1.807) is 12.1 Å². The zero-order valence-electron chi connectivity index (χ0n) is 10.5. The molecule has 0 spiro atoms. The molecule has 0 saturated heterocycles. The van der Waals surface area contributed by atoms with Crippen LogP contribution in [0, 0.1) is 5.92 Å². The van der Waals surface area contributed by atoms with Crippen molar-refractivity contribution in [2.75, 3.05) is 6.54 Å². The van der Waals surface area contributed by atoms with Crippen LogP contribution in [-0.4, -0.2) is 23.5 Å². The Morgan fingerprint density at radius 1 is 1.44 bits per heavy atom. The van der Waals surface area contributed by atoms with Crippen LogP contribution in [0.2, 0.25) is 0 Å². The minimum absolute atomic E-state index is 0.101. The maximum Gasteiger partial charge on any atom is 0.328 e. The maximum atomic E-state index is 11.7. The highest BCUT2D eigenvalue weighted by molar-refractivity contribution is 7.14. The summed E-state index contributed by atoms with van der Waals surface area (Å²) in [4.78, 5) is 23.5. The molecule has 0 saturated carbocycles. The van der Waals surface area contributed by atoms with Gasteiger partial charge in [0.25, 0.3) is 5.91 Å². The summed E-state index contributed by atoms with van der Waals surface area (Å²) in [6.07, 6.45) is 3.49. The molecule has 0 aliphatic heterocycles. The van der Waals surface area contributed by atoms with E-state index in [1.165, 1.54) is 17.4 Å². The predicted octanol–water partition coefficient (Wildman–Crippen LogP) is 2.62. The molecule has 0 fully saturated rings. The third-order valence-corrected chi connectivity index (χ3v) is 3.30. The Morgan fingerprint density at radius 2 is 2.17 bits per heavy atom. The molecule has 0 bridgehead atoms. The van der Waals surface area contributed by atoms with Gasteiger partial charge in [0.2, 0.25) is 0 Å². The Morgan fingerprint density at radius 3 is 2.78 bits per heavy atom. The standard InChI is InChI=1S/C13H17NO3S/c1-9(2)7-8-14-13(17)11-5-3-10(18-11)4-6-12(15)16/h3-6,9H,7-8H2,1-2H3,(H,14,17)(H,15,16). The highest BCUT2D eigenvalue weighted by Crippen LogP contribution is 2.17. The minimum atomic E-state index is -0.994. The van der Waals surface area contributed by atoms with E-state index in [0.717, 1.165) is 17.4 Å². The van der Waals surface area contributed by atoms with E-state index in [-0.39, 0.29) is 5.91 Å². The second-order valence-corrected chi connectivity index (χ2v) is 5.43. The first-order valence-electron chi connectivity index (χ1n) is 5.78. The first-order valence-corrected chi connectivity index (χ1v) is 6.59. The number of thiophene rings is 1. The van der Waals surface area contributed by atoms with Crippen LogP contribution in [0.25, 0.3) is 6.08 Å². The van der Waals surface area contributed by atoms with E-state index >= 15 is 0 Å². The molecule has 0 aliphatic carbocycles. The van der Waals surface area contributed by atoms with Gasteiger partial charge in [0.1, 0.15) is 0 Å². The minimum Gasteiger partial charge on any atom is -0.478 e. The van der Waals surface area contributed by atoms with Crippen LogP contribution in [0.1, 0.15) is 34.8 Å². The topological polar surface area (TPSA) is 66.4 Å². The Balaban J connectivity index is 2.52. The third kappa shape index (κ3) is 5.14. The Hall–Kier alpha value is -1.62. The van der Waals surface area contributed by atoms with Gasteiger partial charge in [-0.05, 0) is 30.5 Å². The van der Waals surface area contributed by atoms with E-state index in [1.807, 2.05) is 0 Å². The van der Waals surface area contributed by atoms with E-state index in [2.05, 4.69) is 19.2 Å². The first-order chi connectivity index (χ1) is 8.49. The van der Waals surface area contributed by atoms with Crippen molar-refractivity contribution in [1.29, 1.82) is 0 Å². The van der Waals surface area contributed by atoms with Crippen molar-refractivity contribution >= 4 is 29.3 Å². The lowest BCUT2D eigenvalue weighted by molar-refractivity contribution is -0.131. The molecule has 98 valence electrons. The second-order valence-electron chi connectivity index (χ2n) is 4.31. The van der Waals surface area contributed by atoms with Gasteiger partial charge in [-0.3, -0.25) is 4.79 Å². The molecule has 4 nitrogen and oxygen atoms in total. The zero-order valence-corrected chi connectivity index (χ0v) is 11.3. The van der Waals surface area contributed by atoms with E-state index in [9.17, 15) is 9.59 Å². The largest absolute Gasteiger partial charge is 0.478 e. The molecule has 1 rings (SSSR count). The number of amides is 1. The van der Waals surface area contributed by atoms with Gasteiger partial charge in [-0.25, -0.2) is 4.79 Å². The normalized spacial score (nSPS) is 11.1. The number of nitrogens with one attached hydrogen (secondary N) is 1. The fourth-order valence-corrected chi connectivity index (χ4v) is 2.11. The maximum absolute atomic E-state index is 11.7. The summed E-state index contributed by atoms with van der Waals surface area (Å²) < 4.78 is 0. The van der Waals surface area contributed by atoms with E-state index < -0.39 is 5.97 Å². The molecule has 0 radical (unpaired) electrons. The average molecular weight is 267 g/mol. The summed E-state index contributed by atoms with van der Waals surface area (Å²) in [5.41, 5.74) is 0. The summed E-state index contributed by atoms with van der Waals surface area (Å²) >= 11 is 1.28. The summed E-state index contributed by atoms with van der Waals surface area (Å²) in [6, 6.07) is 3.44. The molecule has 1 aromatic heterocycles. The molecule has 0 atom stereocenters. The van der Waals surface area contributed by atoms with Gasteiger partial charge in [-0.2, -0.15) is 0 Å². The van der Waals surface area contributed by atoms with Crippen molar-refractivity contribution in [1.82, 2.24) is 5.32 Å². The summed E-state index contributed by atoms with van der Waals surface area (Å²) in [5, 5.41) is 11.3. The SMILES string of the molecule is CC(C)CCNC(=O)c1ccc(C=CC(=O)O)s1. The van der Waals surface area contributed by atoms with Gasteiger partial charge in [-0.1, -0.05) is 13.8 Å². The van der Waals surface area contributed by atoms with Crippen molar-refractivity contribution < 1.29 is 14.7 Å². The van der Waals surface area contributed by atoms with Crippen molar-refractivity contribution in [2.24, 2.45) is 5.92 Å². The second kappa shape index (κ2) is 6.96. The number of carbonyl (C=O) groups is 2. The highest BCUT2D eigenvalue weighted by Gasteiger charge is 2.07. The van der Waals surface area contributed by atoms with Gasteiger partial charge in [0.05, 0.1) is 4.88 Å². The molecule has 18 heavy (non-hydrogen) atoms. The number of rotatable bonds is 6. The van der Waals surface area contributed by atoms with Crippen molar-refractivity contribution in [3.8, 4) is 0 Å². The van der Waals surface area contributed by atoms with Crippen LogP contribution in [0.5, 0.6) is 0 Å². The lowest BCUT2D eigenvalue weighted by atomic mass is 10.1. The fourth-order valence-electron chi connectivity index (χ4n) is 1.28. The van der Waals surface area contributed by atoms with E-state index in [4.69, 9.17) is 5.11 Å². The summed E-state index contributed by atoms with van der Waals surface area (Å²) in [5.74, 6) is -0.537. The van der Waals surface area contributed by atoms with Crippen LogP contribution < -0.4 is 5.32 Å². The lowest BCUT2D eigenvalue weighted by Crippen LogP contribution is -2.24. The number of hydrogen-bond donors (Lipinski definition) is 2. The smallest absolute Gasteiger partial charge is 0.328 e. The van der Waals surface area contributed by atoms with Crippen LogP contribution in [0.3, 0.4) is 0 Å². The number of carboxylic acid groups (broad SMARTS) is 1. The van der Waals surface area contributed by atoms with Gasteiger partial charge in [-0.15, -0.1) is 11.3 Å². The molecule has 1 aromatic rings. The number of hydrogen-bond acceptors (Lipinski definition) is 3. The molecular weight excluding hydrogens is 250 g/mol. The highest BCUT2D eigenvalue weighted by atomic mass is 32.1. The van der Waals surface area contributed by atoms with Gasteiger partial charge >= 0.3 is 5.97 Å². The molecule has 1 heterocycles. The Kier molecular flexibility index (Phi) is 5.58. The average Bonchev–Trinajstić information content (AvgIpc) is 2.74. The molecule has 5 heteroatoms. The molecule has 1 amide bonds. The van der Waals surface area contributed by atoms with E-state index in [0.29, 0.717) is 17.3 Å². The van der Waals surface area contributed by atoms with Crippen LogP contribution >= 0.6 is 11.3 Å². The summed E-state index contributed by atoms with van der Waals surface area (Å²) in [7, 11) is 0. The Labute approximate surface area is 110 Å². The molecule has 0 aliphatic rings. The van der Waals surface area contributed by atoms with Crippen LogP contribution in [0.4, 0.5) is 0 Å². The van der Waals surface area contributed by atoms with Gasteiger partial charge in [0.15, 0.2) is 0 Å². The monoisotopic (exact) mass is 267 g/mol. The zero-order chi connectivity index (χ0) is 13.5. The predicted molar refractivity (Wildman–Crippen MR) is 72.8 cm³/mol. The third-order valence-electron chi connectivity index (χ3n) is 2.25. The fraction of sp³-hybridized carbons (Fsp3) is 0.385. The van der Waals surface area contributed by atoms with Gasteiger partial charge in [0, 0.05) is 17.5 Å². The molecule has 2 N–H and O–H groups in total. The van der Waals surface area contributed by atoms with Crippen molar-refractivity contribution in [3.05, 3.63) is 28.0 Å². The molecule has 0 aromatic carbocycles. The van der Waals surface area contributed by atoms with Crippen molar-refractivity contribution in [2.45, 2.75) is 20.3 Å². The molecular formula is C13H17NO3S. The summed E-state index contributed by atoms with van der Waals surface area (Å²) in [6.45, 7) is 4.87. The van der Waals surface area contributed by atoms with Crippen molar-refractivity contribution in [3.63, 3.8) is 0 Å². The van der Waals surface area contributed by atoms with Crippen LogP contribution in [0.15, 0.2) is 18.2 Å². The molecule has 0 unspecified atom stereocenters. The Bertz CT molecular complexity index is 449. The lowest BCUT2D eigenvalue weighted by Gasteiger charge is -2.05. The number of carboxylic acids is 1. The van der Waals surface area contributed by atoms with Crippen LogP contribution in [-0.2, 0) is 4.79 Å². The number of aliphatic carboxylic acids is 1. The van der Waals surface area contributed by atoms with Gasteiger partial charge < -0.3 is 10.4 Å². The first kappa shape index (κ1) is 14.4.